The fourth-order valence-electron chi connectivity index (χ4n) is 3.45. The van der Waals surface area contributed by atoms with Crippen LogP contribution in [-0.4, -0.2) is 9.38 Å². The molecule has 0 aliphatic heterocycles. The predicted octanol–water partition coefficient (Wildman–Crippen LogP) is 7.28. The van der Waals surface area contributed by atoms with Gasteiger partial charge in [-0.3, -0.25) is 4.40 Å². The molecule has 0 N–H and O–H groups in total. The van der Waals surface area contributed by atoms with Crippen LogP contribution in [0.25, 0.3) is 16.9 Å². The summed E-state index contributed by atoms with van der Waals surface area (Å²) < 4.78 is 3.31. The minimum atomic E-state index is 0.701. The third-order valence-corrected chi connectivity index (χ3v) is 6.37. The summed E-state index contributed by atoms with van der Waals surface area (Å²) in [5.41, 5.74) is 7.44. The lowest BCUT2D eigenvalue weighted by molar-refractivity contribution is 0.972. The molecule has 0 radical (unpaired) electrons. The molecule has 27 heavy (non-hydrogen) atoms. The number of benzene rings is 2. The van der Waals surface area contributed by atoms with E-state index in [9.17, 15) is 0 Å². The average Bonchev–Trinajstić information content (AvgIpc) is 2.98. The minimum absolute atomic E-state index is 0.701. The number of hydrogen-bond acceptors (Lipinski definition) is 1. The Balaban J connectivity index is 2.00. The van der Waals surface area contributed by atoms with Crippen molar-refractivity contribution in [1.29, 1.82) is 0 Å². The van der Waals surface area contributed by atoms with Gasteiger partial charge in [0.25, 0.3) is 0 Å². The van der Waals surface area contributed by atoms with Gasteiger partial charge in [0.1, 0.15) is 5.65 Å². The number of aromatic nitrogens is 2. The topological polar surface area (TPSA) is 17.3 Å². The van der Waals surface area contributed by atoms with Crippen LogP contribution in [0.4, 0.5) is 0 Å². The molecule has 0 unspecified atom stereocenters. The van der Waals surface area contributed by atoms with Crippen LogP contribution < -0.4 is 0 Å². The van der Waals surface area contributed by atoms with Crippen molar-refractivity contribution in [3.63, 3.8) is 0 Å². The lowest BCUT2D eigenvalue weighted by atomic mass is 10.0. The molecule has 4 aromatic rings. The molecule has 0 saturated heterocycles. The molecule has 2 aromatic carbocycles. The van der Waals surface area contributed by atoms with Crippen molar-refractivity contribution in [2.75, 3.05) is 0 Å². The number of aryl methyl sites for hydroxylation is 2. The number of pyridine rings is 1. The van der Waals surface area contributed by atoms with Crippen molar-refractivity contribution in [3.8, 4) is 11.3 Å². The molecule has 0 saturated carbocycles. The van der Waals surface area contributed by atoms with Crippen LogP contribution in [0.2, 0.25) is 10.0 Å². The summed E-state index contributed by atoms with van der Waals surface area (Å²) in [6, 6.07) is 17.9. The Labute approximate surface area is 176 Å². The summed E-state index contributed by atoms with van der Waals surface area (Å²) in [6.07, 6.45) is 0.722. The summed E-state index contributed by atoms with van der Waals surface area (Å²) in [6.45, 7) is 4.19. The Hall–Kier alpha value is -1.81. The lowest BCUT2D eigenvalue weighted by Gasteiger charge is -2.11. The van der Waals surface area contributed by atoms with Gasteiger partial charge in [-0.2, -0.15) is 0 Å². The van der Waals surface area contributed by atoms with Gasteiger partial charge in [-0.05, 0) is 71.2 Å². The van der Waals surface area contributed by atoms with Crippen molar-refractivity contribution >= 4 is 44.8 Å². The molecule has 2 aromatic heterocycles. The zero-order valence-corrected chi connectivity index (χ0v) is 18.0. The molecule has 0 fully saturated rings. The van der Waals surface area contributed by atoms with E-state index in [2.05, 4.69) is 46.3 Å². The summed E-state index contributed by atoms with van der Waals surface area (Å²) in [7, 11) is 0. The van der Waals surface area contributed by atoms with Crippen LogP contribution in [-0.2, 0) is 6.42 Å². The number of imidazole rings is 1. The standard InChI is InChI=1S/C22H17BrCl2N2/c1-13-9-20-26-22(16-6-4-8-18(25)12-16)19(27(20)14(2)21(13)23)11-15-5-3-7-17(24)10-15/h3-10,12H,11H2,1-2H3. The maximum absolute atomic E-state index is 6.25. The molecule has 4 rings (SSSR count). The zero-order chi connectivity index (χ0) is 19.1. The molecule has 2 nitrogen and oxygen atoms in total. The van der Waals surface area contributed by atoms with Crippen LogP contribution in [0.1, 0.15) is 22.5 Å². The highest BCUT2D eigenvalue weighted by molar-refractivity contribution is 9.10. The first-order valence-electron chi connectivity index (χ1n) is 8.61. The van der Waals surface area contributed by atoms with E-state index in [1.165, 1.54) is 0 Å². The van der Waals surface area contributed by atoms with Gasteiger partial charge in [-0.25, -0.2) is 4.98 Å². The molecule has 0 atom stereocenters. The van der Waals surface area contributed by atoms with Crippen molar-refractivity contribution in [1.82, 2.24) is 9.38 Å². The SMILES string of the molecule is Cc1cc2nc(-c3cccc(Cl)c3)c(Cc3cccc(Cl)c3)n2c(C)c1Br. The van der Waals surface area contributed by atoms with Crippen LogP contribution >= 0.6 is 39.1 Å². The second kappa shape index (κ2) is 7.31. The summed E-state index contributed by atoms with van der Waals surface area (Å²) in [5.74, 6) is 0. The molecular weight excluding hydrogens is 443 g/mol. The third kappa shape index (κ3) is 3.52. The van der Waals surface area contributed by atoms with Crippen LogP contribution in [0.5, 0.6) is 0 Å². The molecular formula is C22H17BrCl2N2. The number of nitrogens with zero attached hydrogens (tertiary/aromatic N) is 2. The Morgan fingerprint density at radius 3 is 2.37 bits per heavy atom. The maximum atomic E-state index is 6.25. The van der Waals surface area contributed by atoms with Gasteiger partial charge < -0.3 is 0 Å². The van der Waals surface area contributed by atoms with Gasteiger partial charge in [0.05, 0.1) is 11.4 Å². The van der Waals surface area contributed by atoms with E-state index in [0.717, 1.165) is 55.3 Å². The second-order valence-corrected chi connectivity index (χ2v) is 8.31. The quantitative estimate of drug-likeness (QED) is 0.314. The highest BCUT2D eigenvalue weighted by Crippen LogP contribution is 2.32. The Morgan fingerprint density at radius 2 is 1.67 bits per heavy atom. The Kier molecular flexibility index (Phi) is 5.02. The van der Waals surface area contributed by atoms with Crippen molar-refractivity contribution in [2.24, 2.45) is 0 Å². The summed E-state index contributed by atoms with van der Waals surface area (Å²) >= 11 is 16.2. The summed E-state index contributed by atoms with van der Waals surface area (Å²) in [4.78, 5) is 4.96. The largest absolute Gasteiger partial charge is 0.299 e. The molecule has 2 heterocycles. The minimum Gasteiger partial charge on any atom is -0.299 e. The highest BCUT2D eigenvalue weighted by atomic mass is 79.9. The van der Waals surface area contributed by atoms with Crippen LogP contribution in [0.3, 0.4) is 0 Å². The summed E-state index contributed by atoms with van der Waals surface area (Å²) in [5, 5.41) is 1.44. The van der Waals surface area contributed by atoms with Crippen LogP contribution in [0.15, 0.2) is 59.1 Å². The van der Waals surface area contributed by atoms with Gasteiger partial charge in [0, 0.05) is 32.2 Å². The van der Waals surface area contributed by atoms with E-state index < -0.39 is 0 Å². The van der Waals surface area contributed by atoms with E-state index in [0.29, 0.717) is 5.02 Å². The van der Waals surface area contributed by atoms with Gasteiger partial charge >= 0.3 is 0 Å². The zero-order valence-electron chi connectivity index (χ0n) is 14.9. The molecule has 0 aliphatic carbocycles. The first kappa shape index (κ1) is 18.5. The van der Waals surface area contributed by atoms with Crippen molar-refractivity contribution in [2.45, 2.75) is 20.3 Å². The molecule has 136 valence electrons. The highest BCUT2D eigenvalue weighted by Gasteiger charge is 2.18. The van der Waals surface area contributed by atoms with Gasteiger partial charge in [0.15, 0.2) is 0 Å². The molecule has 0 amide bonds. The smallest absolute Gasteiger partial charge is 0.138 e. The number of halogens is 3. The molecule has 0 aliphatic rings. The number of rotatable bonds is 3. The van der Waals surface area contributed by atoms with Crippen molar-refractivity contribution < 1.29 is 0 Å². The van der Waals surface area contributed by atoms with Crippen LogP contribution in [0, 0.1) is 13.8 Å². The first-order chi connectivity index (χ1) is 12.9. The number of hydrogen-bond donors (Lipinski definition) is 0. The molecule has 0 bridgehead atoms. The normalized spacial score (nSPS) is 11.3. The van der Waals surface area contributed by atoms with E-state index in [1.807, 2.05) is 42.5 Å². The first-order valence-corrected chi connectivity index (χ1v) is 10.2. The van der Waals surface area contributed by atoms with Gasteiger partial charge in [-0.1, -0.05) is 47.5 Å². The van der Waals surface area contributed by atoms with E-state index in [1.54, 1.807) is 0 Å². The average molecular weight is 460 g/mol. The molecule has 0 spiro atoms. The maximum Gasteiger partial charge on any atom is 0.138 e. The number of fused-ring (bicyclic) bond motifs is 1. The van der Waals surface area contributed by atoms with Gasteiger partial charge in [-0.15, -0.1) is 0 Å². The fraction of sp³-hybridized carbons (Fsp3) is 0.136. The van der Waals surface area contributed by atoms with Crippen molar-refractivity contribution in [3.05, 3.63) is 91.6 Å². The third-order valence-electron chi connectivity index (χ3n) is 4.70. The molecule has 5 heteroatoms. The van der Waals surface area contributed by atoms with E-state index in [-0.39, 0.29) is 0 Å². The second-order valence-electron chi connectivity index (χ2n) is 6.64. The van der Waals surface area contributed by atoms with E-state index >= 15 is 0 Å². The van der Waals surface area contributed by atoms with E-state index in [4.69, 9.17) is 28.2 Å². The Bertz CT molecular complexity index is 1160. The Morgan fingerprint density at radius 1 is 0.963 bits per heavy atom. The lowest BCUT2D eigenvalue weighted by Crippen LogP contribution is -2.01. The monoisotopic (exact) mass is 458 g/mol. The fourth-order valence-corrected chi connectivity index (χ4v) is 4.15. The van der Waals surface area contributed by atoms with Gasteiger partial charge in [0.2, 0.25) is 0 Å². The predicted molar refractivity (Wildman–Crippen MR) is 117 cm³/mol.